The maximum Gasteiger partial charge on any atom is 0.472 e. The van der Waals surface area contributed by atoms with E-state index in [1.807, 2.05) is 0 Å². The molecule has 57 heavy (non-hydrogen) atoms. The van der Waals surface area contributed by atoms with E-state index >= 15 is 0 Å². The van der Waals surface area contributed by atoms with Gasteiger partial charge in [-0.25, -0.2) is 4.57 Å². The minimum Gasteiger partial charge on any atom is -0.462 e. The molecule has 0 aromatic carbocycles. The van der Waals surface area contributed by atoms with Gasteiger partial charge in [0.25, 0.3) is 0 Å². The first-order valence-electron chi connectivity index (χ1n) is 23.8. The fourth-order valence-electron chi connectivity index (χ4n) is 6.74. The average molecular weight is 828 g/mol. The van der Waals surface area contributed by atoms with E-state index in [0.29, 0.717) is 6.42 Å². The van der Waals surface area contributed by atoms with E-state index in [1.54, 1.807) is 0 Å². The van der Waals surface area contributed by atoms with Gasteiger partial charge in [0.2, 0.25) is 0 Å². The van der Waals surface area contributed by atoms with Crippen LogP contribution in [0.5, 0.6) is 0 Å². The van der Waals surface area contributed by atoms with Crippen molar-refractivity contribution in [1.29, 1.82) is 0 Å². The summed E-state index contributed by atoms with van der Waals surface area (Å²) in [6.45, 7) is 3.74. The monoisotopic (exact) mass is 828 g/mol. The van der Waals surface area contributed by atoms with Crippen LogP contribution in [-0.2, 0) is 32.7 Å². The van der Waals surface area contributed by atoms with Crippen molar-refractivity contribution >= 4 is 19.8 Å². The van der Waals surface area contributed by atoms with E-state index in [9.17, 15) is 19.0 Å². The van der Waals surface area contributed by atoms with Crippen molar-refractivity contribution in [2.45, 2.75) is 238 Å². The third-order valence-corrected chi connectivity index (χ3v) is 11.3. The van der Waals surface area contributed by atoms with Crippen molar-refractivity contribution in [2.75, 3.05) is 26.4 Å². The molecule has 336 valence electrons. The second-order valence-electron chi connectivity index (χ2n) is 16.0. The molecule has 0 aromatic heterocycles. The summed E-state index contributed by atoms with van der Waals surface area (Å²) in [4.78, 5) is 34.9. The summed E-state index contributed by atoms with van der Waals surface area (Å²) in [5.74, 6) is -0.831. The molecule has 0 saturated carbocycles. The molecule has 0 rings (SSSR count). The first kappa shape index (κ1) is 55.5. The van der Waals surface area contributed by atoms with Crippen LogP contribution >= 0.6 is 7.82 Å². The van der Waals surface area contributed by atoms with Gasteiger partial charge < -0.3 is 20.1 Å². The fraction of sp³-hybridized carbons (Fsp3) is 0.872. The number of hydrogen-bond acceptors (Lipinski definition) is 8. The van der Waals surface area contributed by atoms with Crippen LogP contribution in [0.2, 0.25) is 0 Å². The molecule has 10 heteroatoms. The quantitative estimate of drug-likeness (QED) is 0.0266. The van der Waals surface area contributed by atoms with E-state index in [4.69, 9.17) is 24.3 Å². The molecule has 0 aromatic rings. The normalized spacial score (nSPS) is 13.4. The maximum atomic E-state index is 12.6. The van der Waals surface area contributed by atoms with Crippen LogP contribution in [-0.4, -0.2) is 49.3 Å². The van der Waals surface area contributed by atoms with Crippen LogP contribution in [0, 0.1) is 0 Å². The van der Waals surface area contributed by atoms with Crippen molar-refractivity contribution < 1.29 is 37.6 Å². The number of carbonyl (C=O) groups excluding carboxylic acids is 2. The molecule has 0 aliphatic heterocycles. The van der Waals surface area contributed by atoms with Gasteiger partial charge in [0, 0.05) is 19.4 Å². The van der Waals surface area contributed by atoms with Gasteiger partial charge in [-0.05, 0) is 64.2 Å². The predicted octanol–water partition coefficient (Wildman–Crippen LogP) is 13.9. The number of hydrogen-bond donors (Lipinski definition) is 2. The number of ether oxygens (including phenoxy) is 2. The Bertz CT molecular complexity index is 990. The maximum absolute atomic E-state index is 12.6. The first-order valence-corrected chi connectivity index (χ1v) is 25.3. The van der Waals surface area contributed by atoms with E-state index in [2.05, 4.69) is 38.2 Å². The second-order valence-corrected chi connectivity index (χ2v) is 17.4. The highest BCUT2D eigenvalue weighted by Gasteiger charge is 2.26. The molecule has 0 aliphatic rings. The minimum absolute atomic E-state index is 0.0533. The molecule has 3 N–H and O–H groups in total. The molecule has 1 unspecified atom stereocenters. The third kappa shape index (κ3) is 43.9. The van der Waals surface area contributed by atoms with Crippen LogP contribution in [0.15, 0.2) is 24.3 Å². The van der Waals surface area contributed by atoms with Gasteiger partial charge in [-0.1, -0.05) is 179 Å². The van der Waals surface area contributed by atoms with Gasteiger partial charge in [0.15, 0.2) is 6.10 Å². The Hall–Kier alpha value is -1.51. The van der Waals surface area contributed by atoms with Crippen molar-refractivity contribution in [3.63, 3.8) is 0 Å². The minimum atomic E-state index is -4.38. The number of unbranched alkanes of at least 4 members (excludes halogenated alkanes) is 28. The standard InChI is InChI=1S/C47H90NO8P/c1-3-5-7-9-11-13-15-17-19-20-21-22-23-24-26-27-29-31-33-35-37-39-46(49)53-43-45(44-55-57(51,52)54-42-41-48)56-47(50)40-38-36-34-32-30-28-25-18-16-14-12-10-8-6-4-2/h17-19,25,45H,3-16,20-24,26-44,48H2,1-2H3,(H,51,52)/b19-17-,25-18-/t45-/m1/s1. The van der Waals surface area contributed by atoms with Crippen molar-refractivity contribution in [3.8, 4) is 0 Å². The molecule has 0 bridgehead atoms. The molecule has 0 radical (unpaired) electrons. The molecular formula is C47H90NO8P. The Morgan fingerprint density at radius 1 is 0.509 bits per heavy atom. The van der Waals surface area contributed by atoms with Crippen LogP contribution in [0.4, 0.5) is 0 Å². The SMILES string of the molecule is CCCCCCCC/C=C\CCCCCCCCCCCCCC(=O)OC[C@H](COP(=O)(O)OCCN)OC(=O)CCCCCCC/C=C\CCCCCCCC. The average Bonchev–Trinajstić information content (AvgIpc) is 3.20. The molecule has 9 nitrogen and oxygen atoms in total. The number of carbonyl (C=O) groups is 2. The highest BCUT2D eigenvalue weighted by atomic mass is 31.2. The van der Waals surface area contributed by atoms with Gasteiger partial charge in [0.1, 0.15) is 6.61 Å². The summed E-state index contributed by atoms with van der Waals surface area (Å²) in [5.41, 5.74) is 5.35. The van der Waals surface area contributed by atoms with Gasteiger partial charge in [-0.3, -0.25) is 18.6 Å². The lowest BCUT2D eigenvalue weighted by atomic mass is 10.0. The molecule has 2 atom stereocenters. The molecule has 0 spiro atoms. The van der Waals surface area contributed by atoms with Gasteiger partial charge in [0.05, 0.1) is 13.2 Å². The lowest BCUT2D eigenvalue weighted by molar-refractivity contribution is -0.161. The Morgan fingerprint density at radius 2 is 0.860 bits per heavy atom. The van der Waals surface area contributed by atoms with E-state index in [1.165, 1.54) is 148 Å². The van der Waals surface area contributed by atoms with Crippen LogP contribution in [0.25, 0.3) is 0 Å². The second kappa shape index (κ2) is 44.1. The molecular weight excluding hydrogens is 737 g/mol. The van der Waals surface area contributed by atoms with Gasteiger partial charge in [-0.2, -0.15) is 0 Å². The number of esters is 2. The summed E-state index contributed by atoms with van der Waals surface area (Å²) < 4.78 is 32.8. The topological polar surface area (TPSA) is 134 Å². The van der Waals surface area contributed by atoms with E-state index < -0.39 is 26.5 Å². The number of nitrogens with two attached hydrogens (primary N) is 1. The zero-order chi connectivity index (χ0) is 41.8. The van der Waals surface area contributed by atoms with Crippen LogP contribution in [0.1, 0.15) is 232 Å². The van der Waals surface area contributed by atoms with Gasteiger partial charge in [-0.15, -0.1) is 0 Å². The highest BCUT2D eigenvalue weighted by molar-refractivity contribution is 7.47. The van der Waals surface area contributed by atoms with Crippen LogP contribution in [0.3, 0.4) is 0 Å². The Labute approximate surface area is 351 Å². The molecule has 0 heterocycles. The van der Waals surface area contributed by atoms with Crippen LogP contribution < -0.4 is 5.73 Å². The lowest BCUT2D eigenvalue weighted by Crippen LogP contribution is -2.29. The van der Waals surface area contributed by atoms with Gasteiger partial charge >= 0.3 is 19.8 Å². The number of rotatable bonds is 45. The number of allylic oxidation sites excluding steroid dienone is 4. The first-order chi connectivity index (χ1) is 27.8. The summed E-state index contributed by atoms with van der Waals surface area (Å²) in [7, 11) is -4.38. The van der Waals surface area contributed by atoms with Crippen molar-refractivity contribution in [3.05, 3.63) is 24.3 Å². The molecule has 0 aliphatic carbocycles. The summed E-state index contributed by atoms with van der Waals surface area (Å²) in [5, 5.41) is 0. The zero-order valence-corrected chi connectivity index (χ0v) is 38.0. The Morgan fingerprint density at radius 3 is 1.25 bits per heavy atom. The highest BCUT2D eigenvalue weighted by Crippen LogP contribution is 2.43. The smallest absolute Gasteiger partial charge is 0.462 e. The largest absolute Gasteiger partial charge is 0.472 e. The number of phosphoric ester groups is 1. The predicted molar refractivity (Wildman–Crippen MR) is 238 cm³/mol. The molecule has 0 amide bonds. The Balaban J connectivity index is 4.06. The number of phosphoric acid groups is 1. The van der Waals surface area contributed by atoms with Crippen molar-refractivity contribution in [1.82, 2.24) is 0 Å². The summed E-state index contributed by atoms with van der Waals surface area (Å²) >= 11 is 0. The molecule has 0 fully saturated rings. The van der Waals surface area contributed by atoms with Crippen molar-refractivity contribution in [2.24, 2.45) is 5.73 Å². The third-order valence-electron chi connectivity index (χ3n) is 10.3. The lowest BCUT2D eigenvalue weighted by Gasteiger charge is -2.19. The summed E-state index contributed by atoms with van der Waals surface area (Å²) in [6, 6.07) is 0. The summed E-state index contributed by atoms with van der Waals surface area (Å²) in [6.07, 6.45) is 47.8. The fourth-order valence-corrected chi connectivity index (χ4v) is 7.51. The Kier molecular flexibility index (Phi) is 42.9. The van der Waals surface area contributed by atoms with E-state index in [0.717, 1.165) is 51.4 Å². The zero-order valence-electron chi connectivity index (χ0n) is 37.1. The molecule has 0 saturated heterocycles. The van der Waals surface area contributed by atoms with E-state index in [-0.39, 0.29) is 38.6 Å².